The number of hydrogen-bond donors (Lipinski definition) is 3. The van der Waals surface area contributed by atoms with Crippen molar-refractivity contribution >= 4 is 23.9 Å². The van der Waals surface area contributed by atoms with Crippen LogP contribution in [0.2, 0.25) is 0 Å². The Hall–Kier alpha value is -2.32. The van der Waals surface area contributed by atoms with E-state index in [2.05, 4.69) is 10.6 Å². The molecule has 1 aliphatic heterocycles. The van der Waals surface area contributed by atoms with Crippen LogP contribution >= 0.6 is 0 Å². The number of likely N-dealkylation sites (tertiary alicyclic amines) is 1. The fraction of sp³-hybridized carbons (Fsp3) is 0.789. The van der Waals surface area contributed by atoms with Crippen molar-refractivity contribution in [2.45, 2.75) is 72.1 Å². The van der Waals surface area contributed by atoms with E-state index in [0.717, 1.165) is 0 Å². The summed E-state index contributed by atoms with van der Waals surface area (Å²) >= 11 is 0. The molecule has 9 nitrogen and oxygen atoms in total. The number of ether oxygens (including phenoxy) is 1. The number of piperidine rings is 1. The van der Waals surface area contributed by atoms with Gasteiger partial charge in [0.25, 0.3) is 0 Å². The zero-order valence-corrected chi connectivity index (χ0v) is 17.6. The molecule has 9 heteroatoms. The second-order valence-electron chi connectivity index (χ2n) is 8.54. The van der Waals surface area contributed by atoms with Crippen LogP contribution in [0.3, 0.4) is 0 Å². The van der Waals surface area contributed by atoms with Gasteiger partial charge < -0.3 is 25.4 Å². The lowest BCUT2D eigenvalue weighted by Gasteiger charge is -2.35. The summed E-state index contributed by atoms with van der Waals surface area (Å²) in [5, 5.41) is 14.0. The zero-order valence-electron chi connectivity index (χ0n) is 17.6. The van der Waals surface area contributed by atoms with Gasteiger partial charge in [-0.2, -0.15) is 0 Å². The first kappa shape index (κ1) is 23.7. The Balaban J connectivity index is 2.63. The molecule has 2 atom stereocenters. The first-order valence-corrected chi connectivity index (χ1v) is 9.63. The molecule has 1 aliphatic rings. The minimum Gasteiger partial charge on any atom is -0.480 e. The third kappa shape index (κ3) is 7.36. The summed E-state index contributed by atoms with van der Waals surface area (Å²) < 4.78 is 5.24. The lowest BCUT2D eigenvalue weighted by molar-refractivity contribution is -0.142. The summed E-state index contributed by atoms with van der Waals surface area (Å²) in [6.07, 6.45) is 0.249. The van der Waals surface area contributed by atoms with Gasteiger partial charge >= 0.3 is 12.1 Å². The molecule has 0 aromatic rings. The Morgan fingerprint density at radius 3 is 2.00 bits per heavy atom. The monoisotopic (exact) mass is 399 g/mol. The normalized spacial score (nSPS) is 17.6. The molecule has 0 aromatic carbocycles. The number of carboxylic acid groups (broad SMARTS) is 1. The molecule has 1 saturated heterocycles. The number of carbonyl (C=O) groups excluding carboxylic acids is 3. The Kier molecular flexibility index (Phi) is 8.26. The molecular formula is C19H33N3O6. The second-order valence-corrected chi connectivity index (χ2v) is 8.54. The van der Waals surface area contributed by atoms with E-state index in [9.17, 15) is 19.2 Å². The lowest BCUT2D eigenvalue weighted by Crippen LogP contribution is -2.54. The van der Waals surface area contributed by atoms with Gasteiger partial charge in [-0.05, 0) is 46.5 Å². The van der Waals surface area contributed by atoms with Crippen LogP contribution in [0.1, 0.15) is 54.4 Å². The van der Waals surface area contributed by atoms with Crippen molar-refractivity contribution < 1.29 is 29.0 Å². The predicted octanol–water partition coefficient (Wildman–Crippen LogP) is 1.36. The summed E-state index contributed by atoms with van der Waals surface area (Å²) in [4.78, 5) is 49.6. The van der Waals surface area contributed by atoms with E-state index < -0.39 is 29.7 Å². The molecule has 0 bridgehead atoms. The van der Waals surface area contributed by atoms with Gasteiger partial charge in [-0.1, -0.05) is 13.8 Å². The van der Waals surface area contributed by atoms with Crippen LogP contribution in [-0.2, 0) is 19.1 Å². The molecule has 3 amide bonds. The van der Waals surface area contributed by atoms with Gasteiger partial charge in [0.2, 0.25) is 11.8 Å². The number of aliphatic carboxylic acids is 1. The highest BCUT2D eigenvalue weighted by Gasteiger charge is 2.34. The van der Waals surface area contributed by atoms with E-state index in [1.165, 1.54) is 6.92 Å². The molecule has 3 N–H and O–H groups in total. The molecule has 160 valence electrons. The van der Waals surface area contributed by atoms with E-state index in [0.29, 0.717) is 25.9 Å². The summed E-state index contributed by atoms with van der Waals surface area (Å²) in [5.74, 6) is -2.07. The second kappa shape index (κ2) is 9.75. The van der Waals surface area contributed by atoms with Crippen molar-refractivity contribution in [2.75, 3.05) is 13.1 Å². The van der Waals surface area contributed by atoms with E-state index >= 15 is 0 Å². The number of hydrogen-bond acceptors (Lipinski definition) is 5. The highest BCUT2D eigenvalue weighted by molar-refractivity contribution is 5.87. The quantitative estimate of drug-likeness (QED) is 0.619. The van der Waals surface area contributed by atoms with Gasteiger partial charge in [-0.15, -0.1) is 0 Å². The van der Waals surface area contributed by atoms with Crippen LogP contribution in [0, 0.1) is 11.8 Å². The standard InChI is InChI=1S/C19H33N3O6/c1-11(2)14(21-18(27)28-19(4,5)6)16(24)22-9-7-13(8-10-22)15(23)20-12(3)17(25)26/h11-14H,7-10H2,1-6H3,(H,20,23)(H,21,27)(H,25,26)/t12-,14-/m0/s1. The van der Waals surface area contributed by atoms with Gasteiger partial charge in [0.1, 0.15) is 17.7 Å². The van der Waals surface area contributed by atoms with Gasteiger partial charge in [-0.25, -0.2) is 4.79 Å². The van der Waals surface area contributed by atoms with Gasteiger partial charge in [0.15, 0.2) is 0 Å². The highest BCUT2D eigenvalue weighted by Crippen LogP contribution is 2.20. The van der Waals surface area contributed by atoms with Crippen LogP contribution < -0.4 is 10.6 Å². The van der Waals surface area contributed by atoms with Crippen LogP contribution in [0.5, 0.6) is 0 Å². The van der Waals surface area contributed by atoms with Crippen molar-refractivity contribution in [2.24, 2.45) is 11.8 Å². The van der Waals surface area contributed by atoms with E-state index in [1.54, 1.807) is 25.7 Å². The molecular weight excluding hydrogens is 366 g/mol. The minimum absolute atomic E-state index is 0.127. The third-order valence-electron chi connectivity index (χ3n) is 4.51. The molecule has 0 aromatic heterocycles. The lowest BCUT2D eigenvalue weighted by atomic mass is 9.94. The molecule has 0 aliphatic carbocycles. The summed E-state index contributed by atoms with van der Waals surface area (Å²) in [6, 6.07) is -1.66. The van der Waals surface area contributed by atoms with Crippen LogP contribution in [0.25, 0.3) is 0 Å². The number of nitrogens with one attached hydrogen (secondary N) is 2. The Morgan fingerprint density at radius 2 is 1.57 bits per heavy atom. The molecule has 0 spiro atoms. The number of nitrogens with zero attached hydrogens (tertiary/aromatic N) is 1. The van der Waals surface area contributed by atoms with E-state index in [4.69, 9.17) is 9.84 Å². The van der Waals surface area contributed by atoms with Crippen molar-refractivity contribution in [3.05, 3.63) is 0 Å². The van der Waals surface area contributed by atoms with E-state index in [1.807, 2.05) is 13.8 Å². The Morgan fingerprint density at radius 1 is 1.04 bits per heavy atom. The number of rotatable bonds is 6. The first-order valence-electron chi connectivity index (χ1n) is 9.63. The number of alkyl carbamates (subject to hydrolysis) is 1. The van der Waals surface area contributed by atoms with Crippen molar-refractivity contribution in [3.63, 3.8) is 0 Å². The van der Waals surface area contributed by atoms with Crippen molar-refractivity contribution in [1.29, 1.82) is 0 Å². The molecule has 0 unspecified atom stereocenters. The average Bonchev–Trinajstić information content (AvgIpc) is 2.57. The van der Waals surface area contributed by atoms with Gasteiger partial charge in [-0.3, -0.25) is 14.4 Å². The molecule has 1 fully saturated rings. The number of carboxylic acids is 1. The maximum absolute atomic E-state index is 12.9. The molecule has 1 rings (SSSR count). The Bertz CT molecular complexity index is 591. The molecule has 0 saturated carbocycles. The predicted molar refractivity (Wildman–Crippen MR) is 103 cm³/mol. The Labute approximate surface area is 166 Å². The van der Waals surface area contributed by atoms with Crippen LogP contribution in [0.4, 0.5) is 4.79 Å². The van der Waals surface area contributed by atoms with Crippen LogP contribution in [0.15, 0.2) is 0 Å². The van der Waals surface area contributed by atoms with E-state index in [-0.39, 0.29) is 23.7 Å². The maximum Gasteiger partial charge on any atom is 0.408 e. The van der Waals surface area contributed by atoms with Crippen LogP contribution in [-0.4, -0.2) is 64.7 Å². The largest absolute Gasteiger partial charge is 0.480 e. The zero-order chi connectivity index (χ0) is 21.6. The summed E-state index contributed by atoms with van der Waals surface area (Å²) in [6.45, 7) is 11.1. The number of carbonyl (C=O) groups is 4. The third-order valence-corrected chi connectivity index (χ3v) is 4.51. The molecule has 1 heterocycles. The fourth-order valence-corrected chi connectivity index (χ4v) is 2.90. The molecule has 28 heavy (non-hydrogen) atoms. The smallest absolute Gasteiger partial charge is 0.408 e. The SMILES string of the molecule is CC(C)[C@H](NC(=O)OC(C)(C)C)C(=O)N1CCC(C(=O)N[C@@H](C)C(=O)O)CC1. The first-order chi connectivity index (χ1) is 12.8. The van der Waals surface area contributed by atoms with Gasteiger partial charge in [0, 0.05) is 19.0 Å². The minimum atomic E-state index is -1.09. The maximum atomic E-state index is 12.9. The average molecular weight is 399 g/mol. The van der Waals surface area contributed by atoms with Crippen molar-refractivity contribution in [1.82, 2.24) is 15.5 Å². The fourth-order valence-electron chi connectivity index (χ4n) is 2.90. The number of amides is 3. The van der Waals surface area contributed by atoms with Gasteiger partial charge in [0.05, 0.1) is 0 Å². The molecule has 0 radical (unpaired) electrons. The summed E-state index contributed by atoms with van der Waals surface area (Å²) in [7, 11) is 0. The summed E-state index contributed by atoms with van der Waals surface area (Å²) in [5.41, 5.74) is -0.659. The topological polar surface area (TPSA) is 125 Å². The van der Waals surface area contributed by atoms with Crippen molar-refractivity contribution in [3.8, 4) is 0 Å². The highest BCUT2D eigenvalue weighted by atomic mass is 16.6.